The summed E-state index contributed by atoms with van der Waals surface area (Å²) in [5, 5.41) is 8.90. The molecule has 0 fully saturated rings. The number of aliphatic hydroxyl groups excluding tert-OH is 1. The first-order valence-electron chi connectivity index (χ1n) is 4.69. The lowest BCUT2D eigenvalue weighted by Crippen LogP contribution is -2.01. The summed E-state index contributed by atoms with van der Waals surface area (Å²) in [7, 11) is 0. The highest BCUT2D eigenvalue weighted by molar-refractivity contribution is 5.57. The van der Waals surface area contributed by atoms with Gasteiger partial charge in [0.15, 0.2) is 5.82 Å². The summed E-state index contributed by atoms with van der Waals surface area (Å²) < 4.78 is 13.0. The molecule has 16 heavy (non-hydrogen) atoms. The first kappa shape index (κ1) is 10.5. The predicted octanol–water partition coefficient (Wildman–Crippen LogP) is 1.36. The molecule has 82 valence electrons. The van der Waals surface area contributed by atoms with Gasteiger partial charge in [-0.1, -0.05) is 12.1 Å². The van der Waals surface area contributed by atoms with Gasteiger partial charge in [-0.3, -0.25) is 0 Å². The van der Waals surface area contributed by atoms with Gasteiger partial charge in [0.05, 0.1) is 6.61 Å². The number of nitrogens with zero attached hydrogens (tertiary/aromatic N) is 2. The molecule has 0 aliphatic carbocycles. The Morgan fingerprint density at radius 3 is 2.81 bits per heavy atom. The van der Waals surface area contributed by atoms with Crippen LogP contribution in [-0.4, -0.2) is 15.1 Å². The van der Waals surface area contributed by atoms with Crippen LogP contribution in [0.5, 0.6) is 0 Å². The first-order valence-corrected chi connectivity index (χ1v) is 4.69. The van der Waals surface area contributed by atoms with Crippen molar-refractivity contribution in [1.29, 1.82) is 0 Å². The normalized spacial score (nSPS) is 10.4. The van der Waals surface area contributed by atoms with Crippen LogP contribution < -0.4 is 5.73 Å². The Morgan fingerprint density at radius 2 is 2.19 bits per heavy atom. The fourth-order valence-electron chi connectivity index (χ4n) is 1.31. The minimum absolute atomic E-state index is 0.205. The maximum atomic E-state index is 13.0. The van der Waals surface area contributed by atoms with Crippen molar-refractivity contribution in [2.75, 3.05) is 5.73 Å². The van der Waals surface area contributed by atoms with Crippen LogP contribution >= 0.6 is 0 Å². The fraction of sp³-hybridized carbons (Fsp3) is 0.0909. The van der Waals surface area contributed by atoms with Crippen molar-refractivity contribution < 1.29 is 9.50 Å². The van der Waals surface area contributed by atoms with E-state index in [9.17, 15) is 4.39 Å². The number of aliphatic hydroxyl groups is 1. The van der Waals surface area contributed by atoms with Gasteiger partial charge in [0.25, 0.3) is 0 Å². The highest BCUT2D eigenvalue weighted by Crippen LogP contribution is 2.18. The molecule has 2 aromatic rings. The number of nitrogen functional groups attached to an aromatic ring is 1. The number of nitrogens with two attached hydrogens (primary N) is 1. The summed E-state index contributed by atoms with van der Waals surface area (Å²) in [5.41, 5.74) is 6.61. The second kappa shape index (κ2) is 4.24. The third-order valence-corrected chi connectivity index (χ3v) is 2.15. The largest absolute Gasteiger partial charge is 0.391 e. The monoisotopic (exact) mass is 219 g/mol. The maximum absolute atomic E-state index is 13.0. The lowest BCUT2D eigenvalue weighted by molar-refractivity contribution is 0.281. The molecule has 5 heteroatoms. The molecule has 3 N–H and O–H groups in total. The van der Waals surface area contributed by atoms with Crippen molar-refractivity contribution in [2.45, 2.75) is 6.61 Å². The van der Waals surface area contributed by atoms with Crippen molar-refractivity contribution in [1.82, 2.24) is 9.97 Å². The van der Waals surface area contributed by atoms with E-state index in [-0.39, 0.29) is 18.2 Å². The van der Waals surface area contributed by atoms with Crippen LogP contribution in [0.2, 0.25) is 0 Å². The van der Waals surface area contributed by atoms with E-state index in [1.165, 1.54) is 18.3 Å². The summed E-state index contributed by atoms with van der Waals surface area (Å²) in [5.74, 6) is 0.192. The number of hydrogen-bond donors (Lipinski definition) is 2. The maximum Gasteiger partial charge on any atom is 0.161 e. The third kappa shape index (κ3) is 1.99. The van der Waals surface area contributed by atoms with Gasteiger partial charge in [-0.05, 0) is 12.1 Å². The zero-order valence-electron chi connectivity index (χ0n) is 8.39. The van der Waals surface area contributed by atoms with Gasteiger partial charge in [0, 0.05) is 17.3 Å². The summed E-state index contributed by atoms with van der Waals surface area (Å²) in [6.07, 6.45) is 1.43. The molecule has 0 atom stereocenters. The summed E-state index contributed by atoms with van der Waals surface area (Å²) in [6, 6.07) is 5.93. The summed E-state index contributed by atoms with van der Waals surface area (Å²) >= 11 is 0. The minimum atomic E-state index is -0.356. The number of rotatable bonds is 2. The zero-order valence-corrected chi connectivity index (χ0v) is 8.39. The fourth-order valence-corrected chi connectivity index (χ4v) is 1.31. The first-order chi connectivity index (χ1) is 7.70. The van der Waals surface area contributed by atoms with E-state index >= 15 is 0 Å². The predicted molar refractivity (Wildman–Crippen MR) is 57.8 cm³/mol. The third-order valence-electron chi connectivity index (χ3n) is 2.15. The van der Waals surface area contributed by atoms with Crippen LogP contribution in [0.3, 0.4) is 0 Å². The van der Waals surface area contributed by atoms with Crippen LogP contribution in [-0.2, 0) is 6.61 Å². The molecule has 2 rings (SSSR count). The molecule has 0 saturated carbocycles. The zero-order chi connectivity index (χ0) is 11.5. The molecular weight excluding hydrogens is 209 g/mol. The van der Waals surface area contributed by atoms with Crippen LogP contribution in [0.25, 0.3) is 11.4 Å². The summed E-state index contributed by atoms with van der Waals surface area (Å²) in [6.45, 7) is -0.213. The average molecular weight is 219 g/mol. The van der Waals surface area contributed by atoms with Gasteiger partial charge >= 0.3 is 0 Å². The quantitative estimate of drug-likeness (QED) is 0.799. The number of aromatic nitrogens is 2. The Morgan fingerprint density at radius 1 is 1.38 bits per heavy atom. The molecule has 1 heterocycles. The molecule has 0 radical (unpaired) electrons. The highest BCUT2D eigenvalue weighted by atomic mass is 19.1. The Kier molecular flexibility index (Phi) is 2.78. The molecule has 0 saturated heterocycles. The van der Waals surface area contributed by atoms with Crippen LogP contribution in [0.4, 0.5) is 10.2 Å². The van der Waals surface area contributed by atoms with E-state index in [0.29, 0.717) is 17.0 Å². The molecule has 0 aliphatic rings. The number of halogens is 1. The van der Waals surface area contributed by atoms with Crippen LogP contribution in [0, 0.1) is 5.82 Å². The van der Waals surface area contributed by atoms with Crippen molar-refractivity contribution in [3.63, 3.8) is 0 Å². The van der Waals surface area contributed by atoms with E-state index in [0.717, 1.165) is 0 Å². The molecule has 0 amide bonds. The van der Waals surface area contributed by atoms with E-state index in [1.54, 1.807) is 12.1 Å². The Hall–Kier alpha value is -2.01. The average Bonchev–Trinajstić information content (AvgIpc) is 2.29. The SMILES string of the molecule is Nc1nc(-c2cccc(F)c2)ncc1CO. The van der Waals surface area contributed by atoms with Crippen molar-refractivity contribution in [3.8, 4) is 11.4 Å². The molecule has 0 unspecified atom stereocenters. The van der Waals surface area contributed by atoms with Gasteiger partial charge in [-0.2, -0.15) is 0 Å². The second-order valence-electron chi connectivity index (χ2n) is 3.27. The van der Waals surface area contributed by atoms with E-state index in [4.69, 9.17) is 10.8 Å². The molecule has 0 spiro atoms. The van der Waals surface area contributed by atoms with Gasteiger partial charge < -0.3 is 10.8 Å². The van der Waals surface area contributed by atoms with Gasteiger partial charge in [0.2, 0.25) is 0 Å². The van der Waals surface area contributed by atoms with E-state index in [2.05, 4.69) is 9.97 Å². The Balaban J connectivity index is 2.45. The minimum Gasteiger partial charge on any atom is -0.391 e. The number of anilines is 1. The smallest absolute Gasteiger partial charge is 0.161 e. The number of benzene rings is 1. The standard InChI is InChI=1S/C11H10FN3O/c12-9-3-1-2-7(4-9)11-14-5-8(6-16)10(13)15-11/h1-5,16H,6H2,(H2,13,14,15). The van der Waals surface area contributed by atoms with E-state index in [1.807, 2.05) is 0 Å². The van der Waals surface area contributed by atoms with Crippen molar-refractivity contribution in [2.24, 2.45) is 0 Å². The highest BCUT2D eigenvalue weighted by Gasteiger charge is 2.06. The topological polar surface area (TPSA) is 72.0 Å². The van der Waals surface area contributed by atoms with Crippen LogP contribution in [0.15, 0.2) is 30.5 Å². The van der Waals surface area contributed by atoms with Crippen molar-refractivity contribution >= 4 is 5.82 Å². The van der Waals surface area contributed by atoms with Gasteiger partial charge in [0.1, 0.15) is 11.6 Å². The van der Waals surface area contributed by atoms with Crippen molar-refractivity contribution in [3.05, 3.63) is 41.8 Å². The Bertz CT molecular complexity index is 516. The van der Waals surface area contributed by atoms with E-state index < -0.39 is 0 Å². The van der Waals surface area contributed by atoms with Gasteiger partial charge in [-0.25, -0.2) is 14.4 Å². The summed E-state index contributed by atoms with van der Waals surface area (Å²) in [4.78, 5) is 8.00. The molecule has 0 aliphatic heterocycles. The molecule has 4 nitrogen and oxygen atoms in total. The molecule has 1 aromatic carbocycles. The molecular formula is C11H10FN3O. The Labute approximate surface area is 91.6 Å². The second-order valence-corrected chi connectivity index (χ2v) is 3.27. The molecule has 1 aromatic heterocycles. The van der Waals surface area contributed by atoms with Gasteiger partial charge in [-0.15, -0.1) is 0 Å². The lowest BCUT2D eigenvalue weighted by atomic mass is 10.2. The number of hydrogen-bond acceptors (Lipinski definition) is 4. The lowest BCUT2D eigenvalue weighted by Gasteiger charge is -2.04. The molecule has 0 bridgehead atoms. The van der Waals surface area contributed by atoms with Crippen LogP contribution in [0.1, 0.15) is 5.56 Å².